The summed E-state index contributed by atoms with van der Waals surface area (Å²) in [4.78, 5) is 19.0. The minimum atomic E-state index is -1.97. The Morgan fingerprint density at radius 3 is 2.83 bits per heavy atom. The third-order valence-corrected chi connectivity index (χ3v) is 4.75. The number of alkyl halides is 1. The molecule has 2 unspecified atom stereocenters. The fraction of sp³-hybridized carbons (Fsp3) is 0.600. The maximum Gasteiger partial charge on any atom is 0.330 e. The van der Waals surface area contributed by atoms with Crippen LogP contribution in [0.3, 0.4) is 0 Å². The standard InChI is InChI=1S/C10H12ClN5O6S.ClH/c11-9-14-6(12)3-7(15-9)16(10(18)13-3)8-5-4(2(1-17)20-8)21-23(19)22-5;/h2,4-5,8-9,14,17H,1,12H2,(H,13,18);1H/t2-,4-,5-,8-,9?,23?;/m1./s1. The summed E-state index contributed by atoms with van der Waals surface area (Å²) in [6.45, 7) is -0.384. The molecule has 0 aliphatic carbocycles. The molecule has 0 aromatic carbocycles. The molecule has 6 atom stereocenters. The van der Waals surface area contributed by atoms with E-state index in [2.05, 4.69) is 15.3 Å². The number of aromatic nitrogens is 2. The van der Waals surface area contributed by atoms with E-state index in [0.717, 1.165) is 4.57 Å². The molecule has 1 aromatic heterocycles. The van der Waals surface area contributed by atoms with E-state index in [9.17, 15) is 14.1 Å². The molecule has 3 aliphatic rings. The van der Waals surface area contributed by atoms with E-state index in [1.165, 1.54) is 0 Å². The Morgan fingerprint density at radius 1 is 1.42 bits per heavy atom. The fourth-order valence-corrected chi connectivity index (χ4v) is 3.87. The van der Waals surface area contributed by atoms with Crippen molar-refractivity contribution in [1.29, 1.82) is 0 Å². The second-order valence-electron chi connectivity index (χ2n) is 5.10. The summed E-state index contributed by atoms with van der Waals surface area (Å²) in [6.07, 6.45) is -3.39. The fourth-order valence-electron chi connectivity index (χ4n) is 2.82. The van der Waals surface area contributed by atoms with Crippen LogP contribution >= 0.6 is 24.0 Å². The highest BCUT2D eigenvalue weighted by atomic mass is 35.5. The molecule has 0 amide bonds. The number of fused-ring (bicyclic) bond motifs is 2. The Labute approximate surface area is 147 Å². The van der Waals surface area contributed by atoms with Gasteiger partial charge in [-0.3, -0.25) is 8.37 Å². The summed E-state index contributed by atoms with van der Waals surface area (Å²) < 4.78 is 28.5. The van der Waals surface area contributed by atoms with Gasteiger partial charge in [0.1, 0.15) is 23.4 Å². The molecular formula is C10H13Cl2N5O6S. The first-order chi connectivity index (χ1) is 11.0. The number of halogens is 2. The molecule has 0 spiro atoms. The van der Waals surface area contributed by atoms with Gasteiger partial charge in [0.25, 0.3) is 0 Å². The van der Waals surface area contributed by atoms with Crippen molar-refractivity contribution in [3.8, 4) is 0 Å². The van der Waals surface area contributed by atoms with Gasteiger partial charge in [0.2, 0.25) is 0 Å². The van der Waals surface area contributed by atoms with Crippen LogP contribution in [0.25, 0.3) is 5.82 Å². The van der Waals surface area contributed by atoms with Crippen LogP contribution in [0.5, 0.6) is 0 Å². The highest BCUT2D eigenvalue weighted by Crippen LogP contribution is 2.37. The van der Waals surface area contributed by atoms with E-state index < -0.39 is 47.2 Å². The van der Waals surface area contributed by atoms with Crippen molar-refractivity contribution in [3.05, 3.63) is 21.3 Å². The molecule has 3 aliphatic heterocycles. The first-order valence-electron chi connectivity index (χ1n) is 6.60. The van der Waals surface area contributed by atoms with E-state index >= 15 is 0 Å². The molecule has 0 bridgehead atoms. The minimum Gasteiger partial charge on any atom is -0.394 e. The SMILES string of the molecule is Cl.NC1=c2[nH]c(=O)n([C@@H]3O[C@H](CO)[C@H]4OS(=O)O[C@H]43)c2=NC(Cl)N1. The molecule has 4 rings (SSSR count). The van der Waals surface area contributed by atoms with Crippen LogP contribution in [0, 0.1) is 0 Å². The number of imidazole rings is 1. The third-order valence-electron chi connectivity index (χ3n) is 3.78. The van der Waals surface area contributed by atoms with Gasteiger partial charge in [0.05, 0.1) is 6.61 Å². The first kappa shape index (κ1) is 17.7. The molecule has 0 radical (unpaired) electrons. The molecule has 134 valence electrons. The minimum absolute atomic E-state index is 0. The lowest BCUT2D eigenvalue weighted by Gasteiger charge is -2.17. The van der Waals surface area contributed by atoms with Gasteiger partial charge in [0, 0.05) is 0 Å². The Morgan fingerprint density at radius 2 is 2.12 bits per heavy atom. The smallest absolute Gasteiger partial charge is 0.330 e. The topological polar surface area (TPSA) is 153 Å². The number of hydrogen-bond acceptors (Lipinski definition) is 9. The summed E-state index contributed by atoms with van der Waals surface area (Å²) >= 11 is 3.95. The molecule has 0 saturated carbocycles. The first-order valence-corrected chi connectivity index (χ1v) is 8.04. The average Bonchev–Trinajstić information content (AvgIpc) is 3.10. The average molecular weight is 402 g/mol. The largest absolute Gasteiger partial charge is 0.394 e. The zero-order valence-corrected chi connectivity index (χ0v) is 14.1. The second-order valence-corrected chi connectivity index (χ2v) is 6.30. The van der Waals surface area contributed by atoms with Gasteiger partial charge in [-0.1, -0.05) is 11.6 Å². The zero-order chi connectivity index (χ0) is 16.3. The van der Waals surface area contributed by atoms with E-state index in [0.29, 0.717) is 0 Å². The van der Waals surface area contributed by atoms with Crippen LogP contribution in [0.4, 0.5) is 0 Å². The number of ether oxygens (including phenoxy) is 1. The number of aromatic amines is 1. The predicted molar refractivity (Wildman–Crippen MR) is 82.3 cm³/mol. The van der Waals surface area contributed by atoms with E-state index in [1.807, 2.05) is 0 Å². The van der Waals surface area contributed by atoms with Crippen LogP contribution < -0.4 is 27.6 Å². The number of H-pyrrole nitrogens is 1. The van der Waals surface area contributed by atoms with Crippen LogP contribution in [0.1, 0.15) is 6.23 Å². The number of aliphatic hydroxyl groups excluding tert-OH is 1. The summed E-state index contributed by atoms with van der Waals surface area (Å²) in [5.74, 6) is 0.159. The molecule has 4 heterocycles. The molecule has 2 fully saturated rings. The van der Waals surface area contributed by atoms with Crippen molar-refractivity contribution in [1.82, 2.24) is 14.9 Å². The number of rotatable bonds is 2. The lowest BCUT2D eigenvalue weighted by Crippen LogP contribution is -2.48. The number of nitrogens with zero attached hydrogens (tertiary/aromatic N) is 2. The Balaban J connectivity index is 0.00000169. The van der Waals surface area contributed by atoms with Crippen molar-refractivity contribution >= 4 is 41.2 Å². The molecule has 1 aromatic rings. The van der Waals surface area contributed by atoms with Crippen molar-refractivity contribution in [2.45, 2.75) is 30.2 Å². The molecule has 5 N–H and O–H groups in total. The maximum atomic E-state index is 12.3. The van der Waals surface area contributed by atoms with Gasteiger partial charge < -0.3 is 25.9 Å². The monoisotopic (exact) mass is 401 g/mol. The van der Waals surface area contributed by atoms with Gasteiger partial charge in [-0.2, -0.15) is 4.21 Å². The zero-order valence-electron chi connectivity index (χ0n) is 11.7. The van der Waals surface area contributed by atoms with Crippen molar-refractivity contribution < 1.29 is 22.4 Å². The second kappa shape index (κ2) is 6.29. The van der Waals surface area contributed by atoms with Crippen LogP contribution in [-0.4, -0.2) is 49.4 Å². The third kappa shape index (κ3) is 2.54. The van der Waals surface area contributed by atoms with E-state index in [-0.39, 0.29) is 35.7 Å². The number of nitrogens with two attached hydrogens (primary N) is 1. The van der Waals surface area contributed by atoms with Gasteiger partial charge in [0.15, 0.2) is 23.4 Å². The molecule has 14 heteroatoms. The number of hydrogen-bond donors (Lipinski definition) is 4. The van der Waals surface area contributed by atoms with Gasteiger partial charge in [-0.15, -0.1) is 12.4 Å². The molecule has 11 nitrogen and oxygen atoms in total. The Hall–Kier alpha value is -1.15. The number of nitrogens with one attached hydrogen (secondary N) is 2. The lowest BCUT2D eigenvalue weighted by atomic mass is 10.1. The predicted octanol–water partition coefficient (Wildman–Crippen LogP) is -3.38. The van der Waals surface area contributed by atoms with Crippen molar-refractivity contribution in [2.75, 3.05) is 6.61 Å². The van der Waals surface area contributed by atoms with Crippen molar-refractivity contribution in [3.63, 3.8) is 0 Å². The summed E-state index contributed by atoms with van der Waals surface area (Å²) in [6, 6.07) is 0. The molecule has 24 heavy (non-hydrogen) atoms. The molecule has 2 saturated heterocycles. The molecular weight excluding hydrogens is 389 g/mol. The highest BCUT2D eigenvalue weighted by molar-refractivity contribution is 7.75. The van der Waals surface area contributed by atoms with E-state index in [4.69, 9.17) is 30.4 Å². The van der Waals surface area contributed by atoms with Crippen LogP contribution in [-0.2, 0) is 24.5 Å². The lowest BCUT2D eigenvalue weighted by molar-refractivity contribution is -0.0571. The van der Waals surface area contributed by atoms with Crippen molar-refractivity contribution in [2.24, 2.45) is 10.7 Å². The maximum absolute atomic E-state index is 12.3. The quantitative estimate of drug-likeness (QED) is 0.295. The van der Waals surface area contributed by atoms with E-state index in [1.54, 1.807) is 0 Å². The number of aliphatic hydroxyl groups is 1. The summed E-state index contributed by atoms with van der Waals surface area (Å²) in [5, 5.41) is 12.3. The Kier molecular flexibility index (Phi) is 4.63. The highest BCUT2D eigenvalue weighted by Gasteiger charge is 2.54. The van der Waals surface area contributed by atoms with Gasteiger partial charge >= 0.3 is 17.1 Å². The van der Waals surface area contributed by atoms with Crippen LogP contribution in [0.2, 0.25) is 0 Å². The summed E-state index contributed by atoms with van der Waals surface area (Å²) in [5.41, 5.74) is 4.55. The Bertz CT molecular complexity index is 857. The van der Waals surface area contributed by atoms with Gasteiger partial charge in [-0.25, -0.2) is 14.4 Å². The normalized spacial score (nSPS) is 37.2. The summed E-state index contributed by atoms with van der Waals surface area (Å²) in [7, 11) is 0. The van der Waals surface area contributed by atoms with Gasteiger partial charge in [-0.05, 0) is 0 Å². The van der Waals surface area contributed by atoms with Crippen LogP contribution in [0.15, 0.2) is 9.79 Å².